The van der Waals surface area contributed by atoms with Gasteiger partial charge in [-0.15, -0.1) is 0 Å². The Labute approximate surface area is 129 Å². The van der Waals surface area contributed by atoms with Crippen molar-refractivity contribution in [3.63, 3.8) is 0 Å². The number of carbonyl (C=O) groups excluding carboxylic acids is 1. The number of rotatable bonds is 5. The van der Waals surface area contributed by atoms with E-state index in [9.17, 15) is 9.00 Å². The van der Waals surface area contributed by atoms with Gasteiger partial charge in [-0.3, -0.25) is 9.00 Å². The number of hydrogen-bond acceptors (Lipinski definition) is 3. The van der Waals surface area contributed by atoms with E-state index < -0.39 is 10.8 Å². The van der Waals surface area contributed by atoms with Gasteiger partial charge in [-0.25, -0.2) is 0 Å². The van der Waals surface area contributed by atoms with Gasteiger partial charge in [-0.1, -0.05) is 18.8 Å². The smallest absolute Gasteiger partial charge is 0.251 e. The van der Waals surface area contributed by atoms with Crippen LogP contribution < -0.4 is 11.1 Å². The largest absolute Gasteiger partial charge is 0.352 e. The highest BCUT2D eigenvalue weighted by Gasteiger charge is 2.09. The summed E-state index contributed by atoms with van der Waals surface area (Å²) in [6.07, 6.45) is 2.38. The normalized spacial score (nSPS) is 13.0. The molecule has 0 aliphatic carbocycles. The van der Waals surface area contributed by atoms with Crippen molar-refractivity contribution < 1.29 is 9.00 Å². The third-order valence-electron chi connectivity index (χ3n) is 3.22. The van der Waals surface area contributed by atoms with Crippen molar-refractivity contribution in [3.8, 4) is 11.8 Å². The molecule has 1 aromatic carbocycles. The zero-order valence-corrected chi connectivity index (χ0v) is 13.5. The van der Waals surface area contributed by atoms with Gasteiger partial charge in [0.25, 0.3) is 5.91 Å². The van der Waals surface area contributed by atoms with Crippen molar-refractivity contribution >= 4 is 16.7 Å². The lowest BCUT2D eigenvalue weighted by Crippen LogP contribution is -2.27. The van der Waals surface area contributed by atoms with Gasteiger partial charge in [0.1, 0.15) is 0 Å². The van der Waals surface area contributed by atoms with Crippen molar-refractivity contribution in [2.45, 2.75) is 25.5 Å². The fraction of sp³-hybridized carbons (Fsp3) is 0.438. The van der Waals surface area contributed by atoms with Crippen LogP contribution in [0.25, 0.3) is 0 Å². The van der Waals surface area contributed by atoms with Gasteiger partial charge < -0.3 is 11.1 Å². The predicted octanol–water partition coefficient (Wildman–Crippen LogP) is 1.19. The molecule has 2 unspecified atom stereocenters. The molecule has 0 saturated carbocycles. The van der Waals surface area contributed by atoms with Crippen LogP contribution in [0.5, 0.6) is 0 Å². The zero-order valence-electron chi connectivity index (χ0n) is 12.7. The monoisotopic (exact) mass is 306 g/mol. The third kappa shape index (κ3) is 5.70. The quantitative estimate of drug-likeness (QED) is 0.803. The summed E-state index contributed by atoms with van der Waals surface area (Å²) in [5.74, 6) is 5.65. The van der Waals surface area contributed by atoms with E-state index in [1.54, 1.807) is 12.3 Å². The Morgan fingerprint density at radius 2 is 2.19 bits per heavy atom. The topological polar surface area (TPSA) is 72.2 Å². The van der Waals surface area contributed by atoms with Crippen molar-refractivity contribution in [1.82, 2.24) is 5.32 Å². The first kappa shape index (κ1) is 17.4. The zero-order chi connectivity index (χ0) is 15.8. The predicted molar refractivity (Wildman–Crippen MR) is 87.6 cm³/mol. The highest BCUT2D eigenvalue weighted by molar-refractivity contribution is 7.84. The molecule has 1 rings (SSSR count). The number of benzene rings is 1. The fourth-order valence-electron chi connectivity index (χ4n) is 1.75. The minimum atomic E-state index is -0.856. The SMILES string of the molecule is Cc1cc(C(=O)NCCC(C)S(C)=O)ccc1C#CCN. The maximum absolute atomic E-state index is 12.0. The first-order valence-corrected chi connectivity index (χ1v) is 8.47. The first-order valence-electron chi connectivity index (χ1n) is 6.85. The maximum Gasteiger partial charge on any atom is 0.251 e. The Morgan fingerprint density at radius 1 is 1.48 bits per heavy atom. The second-order valence-electron chi connectivity index (χ2n) is 4.89. The van der Waals surface area contributed by atoms with Crippen LogP contribution in [0.1, 0.15) is 34.8 Å². The lowest BCUT2D eigenvalue weighted by molar-refractivity contribution is 0.0953. The molecule has 4 nitrogen and oxygen atoms in total. The molecule has 0 heterocycles. The van der Waals surface area contributed by atoms with Crippen molar-refractivity contribution in [3.05, 3.63) is 34.9 Å². The Hall–Kier alpha value is -1.64. The van der Waals surface area contributed by atoms with Crippen LogP contribution in [0.3, 0.4) is 0 Å². The molecule has 0 aromatic heterocycles. The van der Waals surface area contributed by atoms with Crippen LogP contribution in [0.4, 0.5) is 0 Å². The van der Waals surface area contributed by atoms with Crippen molar-refractivity contribution in [2.24, 2.45) is 5.73 Å². The van der Waals surface area contributed by atoms with Gasteiger partial charge in [0.15, 0.2) is 0 Å². The van der Waals surface area contributed by atoms with E-state index in [-0.39, 0.29) is 11.2 Å². The van der Waals surface area contributed by atoms with Crippen LogP contribution in [0.2, 0.25) is 0 Å². The second-order valence-corrected chi connectivity index (χ2v) is 6.69. The Bertz CT molecular complexity index is 588. The van der Waals surface area contributed by atoms with Crippen LogP contribution in [0.15, 0.2) is 18.2 Å². The number of hydrogen-bond donors (Lipinski definition) is 2. The molecule has 0 saturated heterocycles. The average molecular weight is 306 g/mol. The summed E-state index contributed by atoms with van der Waals surface area (Å²) in [5.41, 5.74) is 7.79. The molecular weight excluding hydrogens is 284 g/mol. The second kappa shape index (κ2) is 8.60. The van der Waals surface area contributed by atoms with Gasteiger partial charge in [-0.05, 0) is 37.1 Å². The molecule has 5 heteroatoms. The fourth-order valence-corrected chi connectivity index (χ4v) is 2.20. The summed E-state index contributed by atoms with van der Waals surface area (Å²) in [6, 6.07) is 5.40. The molecule has 114 valence electrons. The Kier molecular flexibility index (Phi) is 7.13. The van der Waals surface area contributed by atoms with E-state index >= 15 is 0 Å². The molecule has 0 spiro atoms. The van der Waals surface area contributed by atoms with Crippen molar-refractivity contribution in [1.29, 1.82) is 0 Å². The number of carbonyl (C=O) groups is 1. The third-order valence-corrected chi connectivity index (χ3v) is 4.59. The summed E-state index contributed by atoms with van der Waals surface area (Å²) < 4.78 is 11.2. The van der Waals surface area contributed by atoms with Gasteiger partial charge in [0, 0.05) is 40.0 Å². The number of amides is 1. The van der Waals surface area contributed by atoms with E-state index in [4.69, 9.17) is 5.73 Å². The number of aryl methyl sites for hydroxylation is 1. The van der Waals surface area contributed by atoms with E-state index in [1.807, 2.05) is 26.0 Å². The molecular formula is C16H22N2O2S. The van der Waals surface area contributed by atoms with Crippen LogP contribution in [-0.4, -0.2) is 34.7 Å². The number of nitrogens with one attached hydrogen (secondary N) is 1. The summed E-state index contributed by atoms with van der Waals surface area (Å²) in [7, 11) is -0.856. The van der Waals surface area contributed by atoms with E-state index in [1.165, 1.54) is 0 Å². The molecule has 1 amide bonds. The maximum atomic E-state index is 12.0. The van der Waals surface area contributed by atoms with Crippen LogP contribution >= 0.6 is 0 Å². The lowest BCUT2D eigenvalue weighted by Gasteiger charge is -2.10. The first-order chi connectivity index (χ1) is 9.95. The van der Waals surface area contributed by atoms with E-state index in [2.05, 4.69) is 17.2 Å². The average Bonchev–Trinajstić information content (AvgIpc) is 2.45. The molecule has 0 radical (unpaired) electrons. The highest BCUT2D eigenvalue weighted by atomic mass is 32.2. The van der Waals surface area contributed by atoms with E-state index in [0.29, 0.717) is 25.1 Å². The highest BCUT2D eigenvalue weighted by Crippen LogP contribution is 2.10. The molecule has 3 N–H and O–H groups in total. The molecule has 21 heavy (non-hydrogen) atoms. The lowest BCUT2D eigenvalue weighted by atomic mass is 10.0. The molecule has 2 atom stereocenters. The Morgan fingerprint density at radius 3 is 2.76 bits per heavy atom. The van der Waals surface area contributed by atoms with Crippen molar-refractivity contribution in [2.75, 3.05) is 19.3 Å². The Balaban J connectivity index is 2.63. The van der Waals surface area contributed by atoms with Gasteiger partial charge in [-0.2, -0.15) is 0 Å². The standard InChI is InChI=1S/C16H22N2O2S/c1-12-11-15(7-6-14(12)5-4-9-17)16(19)18-10-8-13(2)21(3)20/h6-7,11,13H,8-10,17H2,1-3H3,(H,18,19). The van der Waals surface area contributed by atoms with Gasteiger partial charge >= 0.3 is 0 Å². The minimum Gasteiger partial charge on any atom is -0.352 e. The van der Waals surface area contributed by atoms with Crippen LogP contribution in [-0.2, 0) is 10.8 Å². The molecule has 0 aliphatic heterocycles. The van der Waals surface area contributed by atoms with Crippen LogP contribution in [0, 0.1) is 18.8 Å². The van der Waals surface area contributed by atoms with Gasteiger partial charge in [0.05, 0.1) is 6.54 Å². The summed E-state index contributed by atoms with van der Waals surface area (Å²) >= 11 is 0. The number of nitrogens with two attached hydrogens (primary N) is 1. The molecule has 0 aliphatic rings. The molecule has 0 fully saturated rings. The van der Waals surface area contributed by atoms with Gasteiger partial charge in [0.2, 0.25) is 0 Å². The minimum absolute atomic E-state index is 0.0842. The molecule has 1 aromatic rings. The molecule has 0 bridgehead atoms. The summed E-state index contributed by atoms with van der Waals surface area (Å²) in [6.45, 7) is 4.67. The summed E-state index contributed by atoms with van der Waals surface area (Å²) in [4.78, 5) is 12.0. The van der Waals surface area contributed by atoms with E-state index in [0.717, 1.165) is 11.1 Å². The summed E-state index contributed by atoms with van der Waals surface area (Å²) in [5, 5.41) is 2.93.